The number of hydrogen-bond donors (Lipinski definition) is 4. The van der Waals surface area contributed by atoms with Gasteiger partial charge in [0.25, 0.3) is 0 Å². The average molecular weight is 344 g/mol. The van der Waals surface area contributed by atoms with Crippen LogP contribution in [0, 0.1) is 0 Å². The van der Waals surface area contributed by atoms with Gasteiger partial charge in [0.1, 0.15) is 13.0 Å². The number of ether oxygens (including phenoxy) is 2. The Labute approximate surface area is 131 Å². The first-order valence-corrected chi connectivity index (χ1v) is 7.91. The van der Waals surface area contributed by atoms with Crippen LogP contribution in [0.1, 0.15) is 0 Å². The summed E-state index contributed by atoms with van der Waals surface area (Å²) in [6, 6.07) is 3.42. The molecule has 2 rings (SSSR count). The molecule has 2 aromatic rings. The van der Waals surface area contributed by atoms with E-state index in [0.29, 0.717) is 11.4 Å². The van der Waals surface area contributed by atoms with Gasteiger partial charge in [-0.3, -0.25) is 9.55 Å². The van der Waals surface area contributed by atoms with Gasteiger partial charge in [-0.15, -0.1) is 0 Å². The number of nitrogen functional groups attached to an aromatic ring is 1. The van der Waals surface area contributed by atoms with Crippen molar-refractivity contribution in [3.05, 3.63) is 24.5 Å². The molecular weight excluding hydrogens is 327 g/mol. The molecule has 0 fully saturated rings. The largest absolute Gasteiger partial charge is 0.461 e. The first-order chi connectivity index (χ1) is 10.4. The Kier molecular flexibility index (Phi) is 6.94. The molecule has 0 saturated carbocycles. The fourth-order valence-electron chi connectivity index (χ4n) is 1.44. The second kappa shape index (κ2) is 8.46. The van der Waals surface area contributed by atoms with Gasteiger partial charge in [-0.2, -0.15) is 15.0 Å². The van der Waals surface area contributed by atoms with Crippen molar-refractivity contribution >= 4 is 13.5 Å². The van der Waals surface area contributed by atoms with Crippen molar-refractivity contribution < 1.29 is 23.8 Å². The number of anilines is 1. The molecule has 0 aliphatic heterocycles. The quantitative estimate of drug-likeness (QED) is 0.396. The highest BCUT2D eigenvalue weighted by molar-refractivity contribution is 7.51. The third kappa shape index (κ3) is 6.63. The minimum absolute atomic E-state index is 0. The van der Waals surface area contributed by atoms with Crippen LogP contribution in [0.15, 0.2) is 24.5 Å². The maximum absolute atomic E-state index is 10.6. The van der Waals surface area contributed by atoms with Crippen LogP contribution in [0.25, 0.3) is 11.4 Å². The maximum Gasteiger partial charge on any atom is 0.350 e. The van der Waals surface area contributed by atoms with Crippen molar-refractivity contribution in [2.45, 2.75) is 0 Å². The number of rotatable bonds is 7. The Morgan fingerprint density at radius 1 is 1.13 bits per heavy atom. The predicted molar refractivity (Wildman–Crippen MR) is 80.9 cm³/mol. The summed E-state index contributed by atoms with van der Waals surface area (Å²) in [6.45, 7) is -0.0134. The van der Waals surface area contributed by atoms with E-state index in [9.17, 15) is 4.57 Å². The van der Waals surface area contributed by atoms with E-state index in [1.165, 1.54) is 0 Å². The van der Waals surface area contributed by atoms with Gasteiger partial charge in [0.05, 0.1) is 6.61 Å². The summed E-state index contributed by atoms with van der Waals surface area (Å²) in [5, 5.41) is 0. The number of hydrogen-bond acceptors (Lipinski definition) is 9. The fraction of sp³-hybridized carbons (Fsp3) is 0.273. The molecule has 0 atom stereocenters. The number of nitrogens with two attached hydrogens (primary N) is 1. The molecule has 0 unspecified atom stereocenters. The minimum Gasteiger partial charge on any atom is -0.461 e. The van der Waals surface area contributed by atoms with Crippen LogP contribution in [-0.4, -0.2) is 49.3 Å². The Balaban J connectivity index is 0.00000264. The first kappa shape index (κ1) is 18.9. The van der Waals surface area contributed by atoms with E-state index >= 15 is 0 Å². The van der Waals surface area contributed by atoms with Gasteiger partial charge in [-0.05, 0) is 12.1 Å². The molecule has 0 saturated heterocycles. The molecule has 2 aromatic heterocycles. The highest BCUT2D eigenvalue weighted by Gasteiger charge is 2.12. The number of aromatic nitrogens is 4. The van der Waals surface area contributed by atoms with Gasteiger partial charge in [0, 0.05) is 18.0 Å². The molecule has 23 heavy (non-hydrogen) atoms. The Bertz CT molecular complexity index is 667. The lowest BCUT2D eigenvalue weighted by Gasteiger charge is -2.08. The summed E-state index contributed by atoms with van der Waals surface area (Å²) >= 11 is 0. The molecule has 12 heteroatoms. The zero-order chi connectivity index (χ0) is 16.0. The molecule has 0 aromatic carbocycles. The zero-order valence-corrected chi connectivity index (χ0v) is 13.0. The molecule has 0 radical (unpaired) electrons. The van der Waals surface area contributed by atoms with Crippen LogP contribution in [0.5, 0.6) is 6.01 Å². The number of nitrogens with zero attached hydrogens (tertiary/aromatic N) is 4. The van der Waals surface area contributed by atoms with E-state index in [2.05, 4.69) is 19.9 Å². The molecule has 11 nitrogen and oxygen atoms in total. The Morgan fingerprint density at radius 2 is 1.83 bits per heavy atom. The van der Waals surface area contributed by atoms with Crippen molar-refractivity contribution in [2.24, 2.45) is 0 Å². The summed E-state index contributed by atoms with van der Waals surface area (Å²) in [6.07, 6.45) is 2.51. The van der Waals surface area contributed by atoms with E-state index in [0.717, 1.165) is 0 Å². The van der Waals surface area contributed by atoms with E-state index in [4.69, 9.17) is 25.0 Å². The molecular formula is C11H17N6O5P. The summed E-state index contributed by atoms with van der Waals surface area (Å²) in [5.74, 6) is 0.328. The van der Waals surface area contributed by atoms with Gasteiger partial charge < -0.3 is 31.1 Å². The molecule has 126 valence electrons. The standard InChI is InChI=1S/C11H14N5O5P.H3N/c12-10-14-9(8-1-3-13-4-2-8)15-11(16-10)21-6-5-20-7-22(17,18)19;/h1-4H,5-7H2,(H2,17,18,19)(H2,12,14,15,16);1H3. The molecule has 0 amide bonds. The first-order valence-electron chi connectivity index (χ1n) is 6.11. The topological polar surface area (TPSA) is 189 Å². The van der Waals surface area contributed by atoms with E-state index in [1.807, 2.05) is 0 Å². The molecule has 0 aliphatic rings. The lowest BCUT2D eigenvalue weighted by Crippen LogP contribution is -2.11. The van der Waals surface area contributed by atoms with Gasteiger partial charge in [0.15, 0.2) is 5.82 Å². The minimum atomic E-state index is -4.18. The van der Waals surface area contributed by atoms with Crippen LogP contribution in [0.3, 0.4) is 0 Å². The lowest BCUT2D eigenvalue weighted by molar-refractivity contribution is 0.115. The molecule has 7 N–H and O–H groups in total. The highest BCUT2D eigenvalue weighted by Crippen LogP contribution is 2.33. The third-order valence-electron chi connectivity index (χ3n) is 2.29. The van der Waals surface area contributed by atoms with Gasteiger partial charge in [0.2, 0.25) is 5.95 Å². The second-order valence-electron chi connectivity index (χ2n) is 4.09. The summed E-state index contributed by atoms with van der Waals surface area (Å²) in [5.41, 5.74) is 6.29. The Morgan fingerprint density at radius 3 is 2.48 bits per heavy atom. The number of pyridine rings is 1. The van der Waals surface area contributed by atoms with Crippen molar-refractivity contribution in [1.82, 2.24) is 26.1 Å². The summed E-state index contributed by atoms with van der Waals surface area (Å²) in [4.78, 5) is 33.0. The van der Waals surface area contributed by atoms with Gasteiger partial charge >= 0.3 is 13.6 Å². The summed E-state index contributed by atoms with van der Waals surface area (Å²) < 4.78 is 20.6. The lowest BCUT2D eigenvalue weighted by atomic mass is 10.2. The monoisotopic (exact) mass is 344 g/mol. The van der Waals surface area contributed by atoms with Crippen LogP contribution in [0.2, 0.25) is 0 Å². The fourth-order valence-corrected chi connectivity index (χ4v) is 1.81. The van der Waals surface area contributed by atoms with Gasteiger partial charge in [-0.25, -0.2) is 0 Å². The van der Waals surface area contributed by atoms with E-state index in [1.54, 1.807) is 24.5 Å². The van der Waals surface area contributed by atoms with Crippen molar-refractivity contribution in [2.75, 3.05) is 25.3 Å². The van der Waals surface area contributed by atoms with Crippen LogP contribution in [-0.2, 0) is 9.30 Å². The van der Waals surface area contributed by atoms with E-state index < -0.39 is 13.9 Å². The van der Waals surface area contributed by atoms with Crippen molar-refractivity contribution in [1.29, 1.82) is 0 Å². The van der Waals surface area contributed by atoms with E-state index in [-0.39, 0.29) is 31.3 Å². The zero-order valence-electron chi connectivity index (χ0n) is 12.1. The average Bonchev–Trinajstić information content (AvgIpc) is 2.46. The SMILES string of the molecule is N.Nc1nc(OCCOCP(=O)(O)O)nc(-c2ccncc2)n1. The smallest absolute Gasteiger partial charge is 0.350 e. The van der Waals surface area contributed by atoms with Crippen molar-refractivity contribution in [3.63, 3.8) is 0 Å². The molecule has 0 bridgehead atoms. The molecule has 2 heterocycles. The van der Waals surface area contributed by atoms with Crippen LogP contribution >= 0.6 is 7.60 Å². The third-order valence-corrected chi connectivity index (χ3v) is 2.81. The highest BCUT2D eigenvalue weighted by atomic mass is 31.2. The van der Waals surface area contributed by atoms with Crippen LogP contribution < -0.4 is 16.6 Å². The van der Waals surface area contributed by atoms with Crippen LogP contribution in [0.4, 0.5) is 5.95 Å². The molecule has 0 spiro atoms. The summed E-state index contributed by atoms with van der Waals surface area (Å²) in [7, 11) is -4.18. The normalized spacial score (nSPS) is 10.9. The maximum atomic E-state index is 10.6. The second-order valence-corrected chi connectivity index (χ2v) is 5.67. The van der Waals surface area contributed by atoms with Crippen molar-refractivity contribution in [3.8, 4) is 17.4 Å². The van der Waals surface area contributed by atoms with Gasteiger partial charge in [-0.1, -0.05) is 0 Å². The predicted octanol–water partition coefficient (Wildman–Crippen LogP) is 0.208. The Hall–Kier alpha value is -2.17. The molecule has 0 aliphatic carbocycles.